The lowest BCUT2D eigenvalue weighted by atomic mass is 9.89. The van der Waals surface area contributed by atoms with Gasteiger partial charge in [0.05, 0.1) is 5.92 Å². The van der Waals surface area contributed by atoms with Crippen molar-refractivity contribution in [3.05, 3.63) is 0 Å². The molecule has 0 radical (unpaired) electrons. The van der Waals surface area contributed by atoms with Gasteiger partial charge in [-0.15, -0.1) is 0 Å². The molecule has 5 nitrogen and oxygen atoms in total. The maximum absolute atomic E-state index is 12.1. The number of likely N-dealkylation sites (tertiary alicyclic amines) is 1. The van der Waals surface area contributed by atoms with E-state index in [1.54, 1.807) is 4.90 Å². The molecule has 2 aliphatic heterocycles. The van der Waals surface area contributed by atoms with Crippen molar-refractivity contribution in [2.75, 3.05) is 19.6 Å². The van der Waals surface area contributed by atoms with E-state index < -0.39 is 12.0 Å². The van der Waals surface area contributed by atoms with Crippen LogP contribution in [0.4, 0.5) is 0 Å². The predicted molar refractivity (Wildman–Crippen MR) is 57.9 cm³/mol. The molecule has 1 amide bonds. The van der Waals surface area contributed by atoms with E-state index >= 15 is 0 Å². The Balaban J connectivity index is 2.09. The molecule has 5 heteroatoms. The number of rotatable bonds is 2. The predicted octanol–water partition coefficient (Wildman–Crippen LogP) is -0.0825. The Labute approximate surface area is 94.8 Å². The number of carbonyl (C=O) groups excluding carboxylic acids is 1. The maximum Gasteiger partial charge on any atom is 0.326 e. The van der Waals surface area contributed by atoms with Gasteiger partial charge in [-0.1, -0.05) is 6.92 Å². The highest BCUT2D eigenvalue weighted by Gasteiger charge is 2.40. The van der Waals surface area contributed by atoms with Crippen LogP contribution in [0.15, 0.2) is 0 Å². The number of carboxylic acid groups (broad SMARTS) is 1. The van der Waals surface area contributed by atoms with Crippen LogP contribution in [-0.2, 0) is 9.59 Å². The highest BCUT2D eigenvalue weighted by atomic mass is 16.4. The number of amides is 1. The summed E-state index contributed by atoms with van der Waals surface area (Å²) >= 11 is 0. The minimum Gasteiger partial charge on any atom is -0.480 e. The van der Waals surface area contributed by atoms with Crippen molar-refractivity contribution < 1.29 is 14.7 Å². The molecule has 0 aromatic carbocycles. The maximum atomic E-state index is 12.1. The first kappa shape index (κ1) is 11.4. The van der Waals surface area contributed by atoms with Gasteiger partial charge in [0.25, 0.3) is 0 Å². The summed E-state index contributed by atoms with van der Waals surface area (Å²) in [6.45, 7) is 3.89. The Hall–Kier alpha value is -1.10. The number of hydrogen-bond acceptors (Lipinski definition) is 3. The second kappa shape index (κ2) is 4.41. The van der Waals surface area contributed by atoms with Gasteiger partial charge >= 0.3 is 5.97 Å². The molecule has 0 saturated carbocycles. The third kappa shape index (κ3) is 1.91. The minimum atomic E-state index is -0.868. The lowest BCUT2D eigenvalue weighted by Gasteiger charge is -2.40. The summed E-state index contributed by atoms with van der Waals surface area (Å²) in [6.07, 6.45) is 1.81. The molecular formula is C11H18N2O3. The van der Waals surface area contributed by atoms with Gasteiger partial charge in [0.15, 0.2) is 0 Å². The smallest absolute Gasteiger partial charge is 0.326 e. The van der Waals surface area contributed by atoms with E-state index in [9.17, 15) is 14.7 Å². The molecule has 16 heavy (non-hydrogen) atoms. The number of carbonyl (C=O) groups is 2. The van der Waals surface area contributed by atoms with Gasteiger partial charge in [-0.3, -0.25) is 4.79 Å². The van der Waals surface area contributed by atoms with Crippen molar-refractivity contribution in [3.8, 4) is 0 Å². The Morgan fingerprint density at radius 3 is 2.56 bits per heavy atom. The molecule has 0 bridgehead atoms. The van der Waals surface area contributed by atoms with Crippen LogP contribution in [0.25, 0.3) is 0 Å². The van der Waals surface area contributed by atoms with Gasteiger partial charge in [-0.25, -0.2) is 4.79 Å². The average molecular weight is 226 g/mol. The van der Waals surface area contributed by atoms with Crippen LogP contribution in [-0.4, -0.2) is 47.6 Å². The fourth-order valence-electron chi connectivity index (χ4n) is 2.51. The second-order valence-corrected chi connectivity index (χ2v) is 4.79. The fourth-order valence-corrected chi connectivity index (χ4v) is 2.51. The van der Waals surface area contributed by atoms with Crippen molar-refractivity contribution in [1.29, 1.82) is 0 Å². The molecule has 2 unspecified atom stereocenters. The van der Waals surface area contributed by atoms with Gasteiger partial charge < -0.3 is 15.3 Å². The SMILES string of the molecule is CC1CCCN(C(=O)C2CNC2)C1C(=O)O. The third-order valence-corrected chi connectivity index (χ3v) is 3.60. The van der Waals surface area contributed by atoms with Gasteiger partial charge in [-0.05, 0) is 18.8 Å². The molecule has 2 atom stereocenters. The first-order valence-corrected chi connectivity index (χ1v) is 5.85. The van der Waals surface area contributed by atoms with Crippen LogP contribution in [0.3, 0.4) is 0 Å². The average Bonchev–Trinajstić information content (AvgIpc) is 2.13. The first-order chi connectivity index (χ1) is 7.61. The third-order valence-electron chi connectivity index (χ3n) is 3.60. The number of hydrogen-bond donors (Lipinski definition) is 2. The number of aliphatic carboxylic acids is 1. The van der Waals surface area contributed by atoms with E-state index in [0.29, 0.717) is 19.6 Å². The first-order valence-electron chi connectivity index (χ1n) is 5.85. The largest absolute Gasteiger partial charge is 0.480 e. The van der Waals surface area contributed by atoms with Crippen LogP contribution in [0.2, 0.25) is 0 Å². The van der Waals surface area contributed by atoms with E-state index in [-0.39, 0.29) is 17.7 Å². The lowest BCUT2D eigenvalue weighted by molar-refractivity contribution is -0.157. The molecule has 0 aromatic heterocycles. The summed E-state index contributed by atoms with van der Waals surface area (Å²) in [6, 6.07) is -0.623. The zero-order chi connectivity index (χ0) is 11.7. The van der Waals surface area contributed by atoms with E-state index in [1.807, 2.05) is 6.92 Å². The summed E-state index contributed by atoms with van der Waals surface area (Å²) in [5.41, 5.74) is 0. The van der Waals surface area contributed by atoms with Crippen LogP contribution >= 0.6 is 0 Å². The number of piperidine rings is 1. The van der Waals surface area contributed by atoms with E-state index in [4.69, 9.17) is 0 Å². The molecule has 0 aromatic rings. The number of nitrogens with zero attached hydrogens (tertiary/aromatic N) is 1. The summed E-state index contributed by atoms with van der Waals surface area (Å²) < 4.78 is 0. The highest BCUT2D eigenvalue weighted by Crippen LogP contribution is 2.25. The number of carboxylic acids is 1. The Morgan fingerprint density at radius 2 is 2.06 bits per heavy atom. The molecule has 90 valence electrons. The monoisotopic (exact) mass is 226 g/mol. The van der Waals surface area contributed by atoms with E-state index in [0.717, 1.165) is 12.8 Å². The fraction of sp³-hybridized carbons (Fsp3) is 0.818. The van der Waals surface area contributed by atoms with Gasteiger partial charge in [0, 0.05) is 19.6 Å². The molecule has 2 saturated heterocycles. The Kier molecular flexibility index (Phi) is 3.14. The minimum absolute atomic E-state index is 0.00727. The van der Waals surface area contributed by atoms with E-state index in [1.165, 1.54) is 0 Å². The van der Waals surface area contributed by atoms with Crippen molar-refractivity contribution in [3.63, 3.8) is 0 Å². The summed E-state index contributed by atoms with van der Waals surface area (Å²) in [5.74, 6) is -0.805. The van der Waals surface area contributed by atoms with Crippen molar-refractivity contribution in [2.45, 2.75) is 25.8 Å². The molecule has 2 fully saturated rings. The lowest BCUT2D eigenvalue weighted by Crippen LogP contribution is -2.58. The molecular weight excluding hydrogens is 208 g/mol. The van der Waals surface area contributed by atoms with Crippen molar-refractivity contribution >= 4 is 11.9 Å². The summed E-state index contributed by atoms with van der Waals surface area (Å²) in [5, 5.41) is 12.2. The second-order valence-electron chi connectivity index (χ2n) is 4.79. The van der Waals surface area contributed by atoms with Crippen LogP contribution in [0.1, 0.15) is 19.8 Å². The molecule has 2 N–H and O–H groups in total. The normalized spacial score (nSPS) is 30.9. The Morgan fingerprint density at radius 1 is 1.38 bits per heavy atom. The summed E-state index contributed by atoms with van der Waals surface area (Å²) in [4.78, 5) is 24.8. The molecule has 2 heterocycles. The number of nitrogens with one attached hydrogen (secondary N) is 1. The van der Waals surface area contributed by atoms with Crippen LogP contribution < -0.4 is 5.32 Å². The highest BCUT2D eigenvalue weighted by molar-refractivity contribution is 5.86. The standard InChI is InChI=1S/C11H18N2O3/c1-7-3-2-4-13(9(7)11(15)16)10(14)8-5-12-6-8/h7-9,12H,2-6H2,1H3,(H,15,16). The van der Waals surface area contributed by atoms with E-state index in [2.05, 4.69) is 5.32 Å². The van der Waals surface area contributed by atoms with Crippen LogP contribution in [0.5, 0.6) is 0 Å². The quantitative estimate of drug-likeness (QED) is 0.691. The van der Waals surface area contributed by atoms with Gasteiger partial charge in [-0.2, -0.15) is 0 Å². The van der Waals surface area contributed by atoms with Gasteiger partial charge in [0.1, 0.15) is 6.04 Å². The summed E-state index contributed by atoms with van der Waals surface area (Å²) in [7, 11) is 0. The zero-order valence-corrected chi connectivity index (χ0v) is 9.48. The van der Waals surface area contributed by atoms with Gasteiger partial charge in [0.2, 0.25) is 5.91 Å². The van der Waals surface area contributed by atoms with Crippen molar-refractivity contribution in [1.82, 2.24) is 10.2 Å². The van der Waals surface area contributed by atoms with Crippen molar-refractivity contribution in [2.24, 2.45) is 11.8 Å². The Bertz CT molecular complexity index is 302. The zero-order valence-electron chi connectivity index (χ0n) is 9.48. The molecule has 0 spiro atoms. The topological polar surface area (TPSA) is 69.6 Å². The molecule has 0 aliphatic carbocycles. The van der Waals surface area contributed by atoms with Crippen LogP contribution in [0, 0.1) is 11.8 Å². The molecule has 2 rings (SSSR count). The molecule has 2 aliphatic rings.